The average Bonchev–Trinajstić information content (AvgIpc) is 2.41. The number of benzene rings is 2. The van der Waals surface area contributed by atoms with E-state index in [1.165, 1.54) is 0 Å². The molecule has 0 saturated carbocycles. The van der Waals surface area contributed by atoms with Crippen LogP contribution in [0.4, 0.5) is 5.69 Å². The number of ketones is 1. The number of rotatable bonds is 5. The van der Waals surface area contributed by atoms with E-state index >= 15 is 0 Å². The summed E-state index contributed by atoms with van der Waals surface area (Å²) in [6.07, 6.45) is 0.461. The normalized spacial score (nSPS) is 10.6. The number of hydrogen-bond acceptors (Lipinski definition) is 3. The molecule has 0 bridgehead atoms. The maximum Gasteiger partial charge on any atom is 0.167 e. The molecule has 0 saturated heterocycles. The third-order valence-electron chi connectivity index (χ3n) is 2.87. The van der Waals surface area contributed by atoms with Gasteiger partial charge in [0.15, 0.2) is 5.78 Å². The molecule has 20 heavy (non-hydrogen) atoms. The van der Waals surface area contributed by atoms with Gasteiger partial charge in [-0.2, -0.15) is 0 Å². The number of anilines is 1. The maximum atomic E-state index is 12.3. The van der Waals surface area contributed by atoms with Crippen molar-refractivity contribution in [3.05, 3.63) is 59.7 Å². The van der Waals surface area contributed by atoms with Crippen molar-refractivity contribution in [2.75, 3.05) is 5.73 Å². The predicted molar refractivity (Wildman–Crippen MR) is 81.1 cm³/mol. The van der Waals surface area contributed by atoms with E-state index in [0.717, 1.165) is 11.3 Å². The van der Waals surface area contributed by atoms with Crippen LogP contribution in [-0.4, -0.2) is 11.9 Å². The first-order valence-electron chi connectivity index (χ1n) is 6.69. The molecule has 0 aliphatic carbocycles. The smallest absolute Gasteiger partial charge is 0.167 e. The van der Waals surface area contributed by atoms with Gasteiger partial charge in [-0.05, 0) is 43.7 Å². The van der Waals surface area contributed by atoms with E-state index in [0.29, 0.717) is 17.7 Å². The number of carbonyl (C=O) groups excluding carboxylic acids is 1. The molecule has 0 fully saturated rings. The number of Topliss-reactive ketones (excluding diaryl/α,β-unsaturated/α-hetero) is 1. The molecule has 0 aliphatic rings. The largest absolute Gasteiger partial charge is 0.491 e. The molecule has 0 unspecified atom stereocenters. The van der Waals surface area contributed by atoms with Gasteiger partial charge >= 0.3 is 0 Å². The van der Waals surface area contributed by atoms with Gasteiger partial charge in [-0.25, -0.2) is 0 Å². The summed E-state index contributed by atoms with van der Waals surface area (Å²) in [5.74, 6) is 0.798. The SMILES string of the molecule is CC(C)Oc1cccc(C(=O)Cc2ccc(N)cc2)c1. The Morgan fingerprint density at radius 2 is 1.85 bits per heavy atom. The van der Waals surface area contributed by atoms with Gasteiger partial charge in [0.05, 0.1) is 6.10 Å². The van der Waals surface area contributed by atoms with Crippen molar-refractivity contribution in [1.82, 2.24) is 0 Å². The molecule has 2 N–H and O–H groups in total. The van der Waals surface area contributed by atoms with Crippen molar-refractivity contribution in [1.29, 1.82) is 0 Å². The number of carbonyl (C=O) groups is 1. The van der Waals surface area contributed by atoms with Gasteiger partial charge < -0.3 is 10.5 Å². The monoisotopic (exact) mass is 269 g/mol. The van der Waals surface area contributed by atoms with Gasteiger partial charge in [0.25, 0.3) is 0 Å². The number of hydrogen-bond donors (Lipinski definition) is 1. The minimum Gasteiger partial charge on any atom is -0.491 e. The van der Waals surface area contributed by atoms with Crippen LogP contribution in [0.2, 0.25) is 0 Å². The van der Waals surface area contributed by atoms with Crippen molar-refractivity contribution in [2.24, 2.45) is 0 Å². The van der Waals surface area contributed by atoms with Crippen molar-refractivity contribution in [2.45, 2.75) is 26.4 Å². The van der Waals surface area contributed by atoms with Crippen molar-refractivity contribution >= 4 is 11.5 Å². The fraction of sp³-hybridized carbons (Fsp3) is 0.235. The Kier molecular flexibility index (Phi) is 4.41. The first-order chi connectivity index (χ1) is 9.54. The van der Waals surface area contributed by atoms with Crippen LogP contribution in [0.15, 0.2) is 48.5 Å². The van der Waals surface area contributed by atoms with Crippen molar-refractivity contribution in [3.8, 4) is 5.75 Å². The highest BCUT2D eigenvalue weighted by Gasteiger charge is 2.08. The lowest BCUT2D eigenvalue weighted by Crippen LogP contribution is -2.07. The molecule has 0 aliphatic heterocycles. The molecular formula is C17H19NO2. The Balaban J connectivity index is 2.10. The Hall–Kier alpha value is -2.29. The molecule has 0 aromatic heterocycles. The van der Waals surface area contributed by atoms with Crippen molar-refractivity contribution < 1.29 is 9.53 Å². The van der Waals surface area contributed by atoms with E-state index in [9.17, 15) is 4.79 Å². The molecule has 0 spiro atoms. The quantitative estimate of drug-likeness (QED) is 0.668. The zero-order chi connectivity index (χ0) is 14.5. The van der Waals surface area contributed by atoms with Gasteiger partial charge in [-0.3, -0.25) is 4.79 Å². The molecule has 0 amide bonds. The lowest BCUT2D eigenvalue weighted by atomic mass is 10.0. The Labute approximate surface area is 119 Å². The van der Waals surface area contributed by atoms with Crippen LogP contribution in [0.3, 0.4) is 0 Å². The summed E-state index contributed by atoms with van der Waals surface area (Å²) in [5, 5.41) is 0. The summed E-state index contributed by atoms with van der Waals surface area (Å²) in [6, 6.07) is 14.7. The second-order valence-electron chi connectivity index (χ2n) is 5.04. The average molecular weight is 269 g/mol. The Morgan fingerprint density at radius 3 is 2.50 bits per heavy atom. The summed E-state index contributed by atoms with van der Waals surface area (Å²) in [6.45, 7) is 3.92. The van der Waals surface area contributed by atoms with Crippen LogP contribution >= 0.6 is 0 Å². The van der Waals surface area contributed by atoms with E-state index in [4.69, 9.17) is 10.5 Å². The predicted octanol–water partition coefficient (Wildman–Crippen LogP) is 3.48. The number of ether oxygens (including phenoxy) is 1. The van der Waals surface area contributed by atoms with E-state index in [1.54, 1.807) is 18.2 Å². The standard InChI is InChI=1S/C17H19NO2/c1-12(2)20-16-5-3-4-14(11-16)17(19)10-13-6-8-15(18)9-7-13/h3-9,11-12H,10,18H2,1-2H3. The van der Waals surface area contributed by atoms with Crippen molar-refractivity contribution in [3.63, 3.8) is 0 Å². The number of nitrogen functional groups attached to an aromatic ring is 1. The van der Waals surface area contributed by atoms with Crippen LogP contribution in [-0.2, 0) is 6.42 Å². The lowest BCUT2D eigenvalue weighted by Gasteiger charge is -2.10. The molecule has 3 heteroatoms. The molecule has 3 nitrogen and oxygen atoms in total. The van der Waals surface area contributed by atoms with Crippen LogP contribution in [0, 0.1) is 0 Å². The third kappa shape index (κ3) is 3.85. The zero-order valence-corrected chi connectivity index (χ0v) is 11.8. The molecule has 0 atom stereocenters. The first-order valence-corrected chi connectivity index (χ1v) is 6.69. The van der Waals surface area contributed by atoms with Crippen LogP contribution in [0.25, 0.3) is 0 Å². The third-order valence-corrected chi connectivity index (χ3v) is 2.87. The van der Waals surface area contributed by atoms with Crippen LogP contribution in [0.1, 0.15) is 29.8 Å². The fourth-order valence-corrected chi connectivity index (χ4v) is 1.94. The second kappa shape index (κ2) is 6.24. The highest BCUT2D eigenvalue weighted by molar-refractivity contribution is 5.97. The second-order valence-corrected chi connectivity index (χ2v) is 5.04. The van der Waals surface area contributed by atoms with Gasteiger partial charge in [-0.1, -0.05) is 24.3 Å². The fourth-order valence-electron chi connectivity index (χ4n) is 1.94. The Morgan fingerprint density at radius 1 is 1.15 bits per heavy atom. The highest BCUT2D eigenvalue weighted by atomic mass is 16.5. The minimum atomic E-state index is 0.0731. The topological polar surface area (TPSA) is 52.3 Å². The van der Waals surface area contributed by atoms with Gasteiger partial charge in [0.1, 0.15) is 5.75 Å². The summed E-state index contributed by atoms with van der Waals surface area (Å²) < 4.78 is 5.60. The van der Waals surface area contributed by atoms with E-state index in [-0.39, 0.29) is 11.9 Å². The van der Waals surface area contributed by atoms with E-state index in [1.807, 2.05) is 44.2 Å². The molecule has 0 heterocycles. The summed E-state index contributed by atoms with van der Waals surface area (Å²) in [4.78, 5) is 12.3. The Bertz CT molecular complexity index is 588. The van der Waals surface area contributed by atoms with E-state index in [2.05, 4.69) is 0 Å². The zero-order valence-electron chi connectivity index (χ0n) is 11.8. The van der Waals surface area contributed by atoms with Crippen LogP contribution < -0.4 is 10.5 Å². The molecule has 2 aromatic carbocycles. The van der Waals surface area contributed by atoms with Crippen LogP contribution in [0.5, 0.6) is 5.75 Å². The molecule has 2 rings (SSSR count). The van der Waals surface area contributed by atoms with Gasteiger partial charge in [0, 0.05) is 17.7 Å². The van der Waals surface area contributed by atoms with E-state index < -0.39 is 0 Å². The van der Waals surface area contributed by atoms with Gasteiger partial charge in [-0.15, -0.1) is 0 Å². The molecule has 2 aromatic rings. The molecule has 104 valence electrons. The summed E-state index contributed by atoms with van der Waals surface area (Å²) in [7, 11) is 0. The minimum absolute atomic E-state index is 0.0731. The highest BCUT2D eigenvalue weighted by Crippen LogP contribution is 2.17. The maximum absolute atomic E-state index is 12.3. The first kappa shape index (κ1) is 14.1. The van der Waals surface area contributed by atoms with Gasteiger partial charge in [0.2, 0.25) is 0 Å². The molecular weight excluding hydrogens is 250 g/mol. The molecule has 0 radical (unpaired) electrons. The lowest BCUT2D eigenvalue weighted by molar-refractivity contribution is 0.0992. The number of nitrogens with two attached hydrogens (primary N) is 1. The summed E-state index contributed by atoms with van der Waals surface area (Å²) >= 11 is 0. The summed E-state index contributed by atoms with van der Waals surface area (Å²) in [5.41, 5.74) is 7.96.